The van der Waals surface area contributed by atoms with E-state index in [1.807, 2.05) is 26.0 Å². The van der Waals surface area contributed by atoms with Gasteiger partial charge in [0, 0.05) is 12.6 Å². The maximum atomic E-state index is 12.0. The molecule has 2 heterocycles. The van der Waals surface area contributed by atoms with Gasteiger partial charge in [-0.15, -0.1) is 0 Å². The lowest BCUT2D eigenvalue weighted by Gasteiger charge is -2.18. The van der Waals surface area contributed by atoms with Crippen LogP contribution < -0.4 is 11.1 Å². The molecule has 0 saturated carbocycles. The molecule has 0 spiro atoms. The summed E-state index contributed by atoms with van der Waals surface area (Å²) in [6.45, 7) is 6.27. The second-order valence-corrected chi connectivity index (χ2v) is 5.45. The third-order valence-corrected chi connectivity index (χ3v) is 3.77. The van der Waals surface area contributed by atoms with E-state index in [9.17, 15) is 4.79 Å². The van der Waals surface area contributed by atoms with Gasteiger partial charge in [-0.2, -0.15) is 0 Å². The number of nitrogens with zero attached hydrogens (tertiary/aromatic N) is 1. The van der Waals surface area contributed by atoms with Gasteiger partial charge in [-0.25, -0.2) is 0 Å². The molecule has 3 unspecified atom stereocenters. The highest BCUT2D eigenvalue weighted by molar-refractivity contribution is 5.78. The van der Waals surface area contributed by atoms with E-state index in [0.717, 1.165) is 25.3 Å². The minimum Gasteiger partial charge on any atom is -0.467 e. The lowest BCUT2D eigenvalue weighted by molar-refractivity contribution is -0.122. The van der Waals surface area contributed by atoms with Gasteiger partial charge >= 0.3 is 0 Å². The summed E-state index contributed by atoms with van der Waals surface area (Å²) in [7, 11) is 0. The van der Waals surface area contributed by atoms with Gasteiger partial charge in [-0.3, -0.25) is 9.69 Å². The van der Waals surface area contributed by atoms with Gasteiger partial charge < -0.3 is 15.5 Å². The van der Waals surface area contributed by atoms with Crippen molar-refractivity contribution >= 4 is 5.91 Å². The average molecular weight is 265 g/mol. The summed E-state index contributed by atoms with van der Waals surface area (Å²) in [5, 5.41) is 2.95. The Kier molecular flexibility index (Phi) is 4.61. The van der Waals surface area contributed by atoms with Crippen LogP contribution in [-0.4, -0.2) is 36.5 Å². The number of hydrogen-bond donors (Lipinski definition) is 2. The van der Waals surface area contributed by atoms with Crippen molar-refractivity contribution in [3.63, 3.8) is 0 Å². The van der Waals surface area contributed by atoms with Gasteiger partial charge in [0.2, 0.25) is 5.91 Å². The van der Waals surface area contributed by atoms with E-state index in [2.05, 4.69) is 10.2 Å². The molecular formula is C14H23N3O2. The van der Waals surface area contributed by atoms with Crippen LogP contribution in [0.25, 0.3) is 0 Å². The Morgan fingerprint density at radius 3 is 3.00 bits per heavy atom. The van der Waals surface area contributed by atoms with E-state index in [-0.39, 0.29) is 18.0 Å². The molecule has 0 aliphatic carbocycles. The van der Waals surface area contributed by atoms with Crippen LogP contribution in [0.3, 0.4) is 0 Å². The van der Waals surface area contributed by atoms with E-state index in [4.69, 9.17) is 10.2 Å². The summed E-state index contributed by atoms with van der Waals surface area (Å²) < 4.78 is 5.27. The van der Waals surface area contributed by atoms with Crippen molar-refractivity contribution in [3.8, 4) is 0 Å². The number of likely N-dealkylation sites (tertiary alicyclic amines) is 1. The number of nitrogens with two attached hydrogens (primary N) is 1. The van der Waals surface area contributed by atoms with Crippen LogP contribution in [0.2, 0.25) is 0 Å². The Hall–Kier alpha value is -1.33. The van der Waals surface area contributed by atoms with Gasteiger partial charge in [0.05, 0.1) is 18.8 Å². The van der Waals surface area contributed by atoms with E-state index in [0.29, 0.717) is 12.5 Å². The smallest absolute Gasteiger partial charge is 0.234 e. The first kappa shape index (κ1) is 14.1. The molecule has 1 amide bonds. The Labute approximate surface area is 114 Å². The van der Waals surface area contributed by atoms with E-state index < -0.39 is 0 Å². The molecular weight excluding hydrogens is 242 g/mol. The molecule has 3 N–H and O–H groups in total. The molecule has 1 aromatic heterocycles. The molecule has 1 fully saturated rings. The number of nitrogens with one attached hydrogen (secondary N) is 1. The van der Waals surface area contributed by atoms with Crippen molar-refractivity contribution in [3.05, 3.63) is 24.2 Å². The summed E-state index contributed by atoms with van der Waals surface area (Å²) in [5.74, 6) is 1.33. The zero-order chi connectivity index (χ0) is 13.8. The van der Waals surface area contributed by atoms with Gasteiger partial charge in [0.25, 0.3) is 0 Å². The molecule has 1 saturated heterocycles. The fourth-order valence-corrected chi connectivity index (χ4v) is 2.53. The first-order valence-electron chi connectivity index (χ1n) is 6.87. The monoisotopic (exact) mass is 265 g/mol. The minimum atomic E-state index is -0.0886. The number of amides is 1. The predicted molar refractivity (Wildman–Crippen MR) is 73.5 cm³/mol. The lowest BCUT2D eigenvalue weighted by Crippen LogP contribution is -2.38. The highest BCUT2D eigenvalue weighted by atomic mass is 16.3. The lowest BCUT2D eigenvalue weighted by atomic mass is 10.0. The van der Waals surface area contributed by atoms with Crippen LogP contribution in [0.15, 0.2) is 22.8 Å². The van der Waals surface area contributed by atoms with E-state index >= 15 is 0 Å². The van der Waals surface area contributed by atoms with E-state index in [1.54, 1.807) is 6.26 Å². The molecule has 106 valence electrons. The second kappa shape index (κ2) is 6.21. The van der Waals surface area contributed by atoms with Crippen molar-refractivity contribution in [1.29, 1.82) is 0 Å². The Bertz CT molecular complexity index is 403. The summed E-state index contributed by atoms with van der Waals surface area (Å²) in [5.41, 5.74) is 5.90. The Morgan fingerprint density at radius 1 is 1.63 bits per heavy atom. The fourth-order valence-electron chi connectivity index (χ4n) is 2.53. The molecule has 0 bridgehead atoms. The largest absolute Gasteiger partial charge is 0.467 e. The first-order valence-corrected chi connectivity index (χ1v) is 6.87. The van der Waals surface area contributed by atoms with Crippen molar-refractivity contribution < 1.29 is 9.21 Å². The standard InChI is InChI=1S/C14H23N3O2/c1-10(15)12-5-6-17(8-12)9-14(18)16-11(2)13-4-3-7-19-13/h3-4,7,10-12H,5-6,8-9,15H2,1-2H3,(H,16,18). The van der Waals surface area contributed by atoms with Crippen LogP contribution in [0.1, 0.15) is 32.1 Å². The maximum Gasteiger partial charge on any atom is 0.234 e. The van der Waals surface area contributed by atoms with Crippen molar-refractivity contribution in [1.82, 2.24) is 10.2 Å². The number of rotatable bonds is 5. The zero-order valence-electron chi connectivity index (χ0n) is 11.6. The highest BCUT2D eigenvalue weighted by Gasteiger charge is 2.26. The molecule has 1 aliphatic heterocycles. The van der Waals surface area contributed by atoms with Crippen LogP contribution >= 0.6 is 0 Å². The van der Waals surface area contributed by atoms with Crippen LogP contribution in [0.4, 0.5) is 0 Å². The molecule has 0 aromatic carbocycles. The molecule has 3 atom stereocenters. The molecule has 5 heteroatoms. The molecule has 0 radical (unpaired) electrons. The topological polar surface area (TPSA) is 71.5 Å². The minimum absolute atomic E-state index is 0.0363. The fraction of sp³-hybridized carbons (Fsp3) is 0.643. The van der Waals surface area contributed by atoms with E-state index in [1.165, 1.54) is 0 Å². The van der Waals surface area contributed by atoms with Crippen molar-refractivity contribution in [2.45, 2.75) is 32.4 Å². The SMILES string of the molecule is CC(NC(=O)CN1CCC(C(C)N)C1)c1ccco1. The van der Waals surface area contributed by atoms with Crippen LogP contribution in [0.5, 0.6) is 0 Å². The normalized spacial score (nSPS) is 23.2. The summed E-state index contributed by atoms with van der Waals surface area (Å²) in [6, 6.07) is 3.81. The molecule has 19 heavy (non-hydrogen) atoms. The highest BCUT2D eigenvalue weighted by Crippen LogP contribution is 2.18. The Morgan fingerprint density at radius 2 is 2.42 bits per heavy atom. The van der Waals surface area contributed by atoms with Gasteiger partial charge in [0.15, 0.2) is 0 Å². The molecule has 2 rings (SSSR count). The zero-order valence-corrected chi connectivity index (χ0v) is 11.6. The number of hydrogen-bond acceptors (Lipinski definition) is 4. The Balaban J connectivity index is 1.76. The third kappa shape index (κ3) is 3.81. The molecule has 5 nitrogen and oxygen atoms in total. The van der Waals surface area contributed by atoms with Gasteiger partial charge in [-0.1, -0.05) is 0 Å². The van der Waals surface area contributed by atoms with Gasteiger partial charge in [0.1, 0.15) is 5.76 Å². The number of carbonyl (C=O) groups is 1. The van der Waals surface area contributed by atoms with Crippen molar-refractivity contribution in [2.24, 2.45) is 11.7 Å². The van der Waals surface area contributed by atoms with Gasteiger partial charge in [-0.05, 0) is 44.9 Å². The molecule has 1 aromatic rings. The first-order chi connectivity index (χ1) is 9.06. The summed E-state index contributed by atoms with van der Waals surface area (Å²) in [4.78, 5) is 14.1. The quantitative estimate of drug-likeness (QED) is 0.837. The van der Waals surface area contributed by atoms with Crippen LogP contribution in [0, 0.1) is 5.92 Å². The second-order valence-electron chi connectivity index (χ2n) is 5.45. The third-order valence-electron chi connectivity index (χ3n) is 3.77. The summed E-state index contributed by atoms with van der Waals surface area (Å²) >= 11 is 0. The maximum absolute atomic E-state index is 12.0. The average Bonchev–Trinajstić information content (AvgIpc) is 2.98. The predicted octanol–water partition coefficient (Wildman–Crippen LogP) is 1.13. The number of carbonyl (C=O) groups excluding carboxylic acids is 1. The number of furan rings is 1. The molecule has 1 aliphatic rings. The van der Waals surface area contributed by atoms with Crippen LogP contribution in [-0.2, 0) is 4.79 Å². The summed E-state index contributed by atoms with van der Waals surface area (Å²) in [6.07, 6.45) is 2.70. The van der Waals surface area contributed by atoms with Crippen molar-refractivity contribution in [2.75, 3.05) is 19.6 Å².